The minimum Gasteiger partial charge on any atom is -0.337 e. The van der Waals surface area contributed by atoms with Crippen LogP contribution in [0.15, 0.2) is 66.1 Å². The Bertz CT molecular complexity index is 833. The highest BCUT2D eigenvalue weighted by Crippen LogP contribution is 2.19. The molecule has 5 nitrogen and oxygen atoms in total. The Balaban J connectivity index is 1.78. The predicted molar refractivity (Wildman–Crippen MR) is 95.4 cm³/mol. The number of hydrogen-bond acceptors (Lipinski definition) is 4. The first-order valence-electron chi connectivity index (χ1n) is 7.52. The van der Waals surface area contributed by atoms with Crippen LogP contribution in [-0.2, 0) is 6.54 Å². The quantitative estimate of drug-likeness (QED) is 0.670. The van der Waals surface area contributed by atoms with Crippen molar-refractivity contribution in [1.82, 2.24) is 19.7 Å². The number of hydrogen-bond donors (Lipinski definition) is 0. The summed E-state index contributed by atoms with van der Waals surface area (Å²) in [6.45, 7) is 0.524. The van der Waals surface area contributed by atoms with Crippen molar-refractivity contribution in [3.63, 3.8) is 0 Å². The Labute approximate surface area is 145 Å². The SMILES string of the molecule is CSc1ncccc1C(=O)N(C)Cc1cccc(-n2cccn2)c1. The number of pyridine rings is 1. The highest BCUT2D eigenvalue weighted by molar-refractivity contribution is 7.98. The lowest BCUT2D eigenvalue weighted by Crippen LogP contribution is -2.27. The van der Waals surface area contributed by atoms with Gasteiger partial charge in [-0.15, -0.1) is 11.8 Å². The zero-order chi connectivity index (χ0) is 16.9. The van der Waals surface area contributed by atoms with Gasteiger partial charge in [-0.2, -0.15) is 5.10 Å². The molecule has 2 heterocycles. The molecule has 24 heavy (non-hydrogen) atoms. The van der Waals surface area contributed by atoms with Crippen LogP contribution in [0.4, 0.5) is 0 Å². The van der Waals surface area contributed by atoms with E-state index in [9.17, 15) is 4.79 Å². The van der Waals surface area contributed by atoms with Crippen molar-refractivity contribution < 1.29 is 4.79 Å². The van der Waals surface area contributed by atoms with Gasteiger partial charge in [-0.3, -0.25) is 4.79 Å². The average Bonchev–Trinajstić information content (AvgIpc) is 3.16. The third-order valence-electron chi connectivity index (χ3n) is 3.64. The molecule has 0 radical (unpaired) electrons. The number of rotatable bonds is 5. The van der Waals surface area contributed by atoms with Gasteiger partial charge in [0.15, 0.2) is 0 Å². The van der Waals surface area contributed by atoms with Crippen LogP contribution in [0.25, 0.3) is 5.69 Å². The summed E-state index contributed by atoms with van der Waals surface area (Å²) in [7, 11) is 1.81. The summed E-state index contributed by atoms with van der Waals surface area (Å²) in [5.74, 6) is -0.0306. The molecule has 0 saturated heterocycles. The first kappa shape index (κ1) is 16.3. The van der Waals surface area contributed by atoms with Crippen LogP contribution >= 0.6 is 11.8 Å². The van der Waals surface area contributed by atoms with Gasteiger partial charge in [0.1, 0.15) is 5.03 Å². The molecule has 6 heteroatoms. The molecule has 0 aliphatic rings. The molecule has 0 aliphatic heterocycles. The predicted octanol–water partition coefficient (Wildman–Crippen LogP) is 3.26. The second kappa shape index (κ2) is 7.31. The first-order valence-corrected chi connectivity index (χ1v) is 8.75. The fourth-order valence-electron chi connectivity index (χ4n) is 2.49. The lowest BCUT2D eigenvalue weighted by molar-refractivity contribution is 0.0781. The molecule has 1 amide bonds. The molecule has 1 aromatic carbocycles. The first-order chi connectivity index (χ1) is 11.7. The van der Waals surface area contributed by atoms with E-state index >= 15 is 0 Å². The molecule has 0 fully saturated rings. The van der Waals surface area contributed by atoms with Crippen molar-refractivity contribution in [3.8, 4) is 5.69 Å². The van der Waals surface area contributed by atoms with Crippen molar-refractivity contribution in [2.75, 3.05) is 13.3 Å². The van der Waals surface area contributed by atoms with Gasteiger partial charge in [0.2, 0.25) is 0 Å². The highest BCUT2D eigenvalue weighted by atomic mass is 32.2. The monoisotopic (exact) mass is 338 g/mol. The summed E-state index contributed by atoms with van der Waals surface area (Å²) in [4.78, 5) is 18.7. The van der Waals surface area contributed by atoms with Crippen LogP contribution in [0.5, 0.6) is 0 Å². The molecule has 0 N–H and O–H groups in total. The van der Waals surface area contributed by atoms with E-state index in [-0.39, 0.29) is 5.91 Å². The topological polar surface area (TPSA) is 51.0 Å². The van der Waals surface area contributed by atoms with Gasteiger partial charge in [-0.25, -0.2) is 9.67 Å². The Morgan fingerprint density at radius 3 is 2.83 bits per heavy atom. The maximum absolute atomic E-state index is 12.7. The molecule has 0 aliphatic carbocycles. The summed E-state index contributed by atoms with van der Waals surface area (Å²) in [6.07, 6.45) is 7.27. The van der Waals surface area contributed by atoms with E-state index in [1.165, 1.54) is 11.8 Å². The third-order valence-corrected chi connectivity index (χ3v) is 4.35. The fourth-order valence-corrected chi connectivity index (χ4v) is 3.03. The number of nitrogens with zero attached hydrogens (tertiary/aromatic N) is 4. The van der Waals surface area contributed by atoms with Crippen molar-refractivity contribution in [3.05, 3.63) is 72.2 Å². The van der Waals surface area contributed by atoms with Crippen molar-refractivity contribution in [2.45, 2.75) is 11.6 Å². The zero-order valence-electron chi connectivity index (χ0n) is 13.6. The van der Waals surface area contributed by atoms with Crippen LogP contribution in [0.1, 0.15) is 15.9 Å². The van der Waals surface area contributed by atoms with Crippen LogP contribution in [0, 0.1) is 0 Å². The Morgan fingerprint density at radius 1 is 1.21 bits per heavy atom. The summed E-state index contributed by atoms with van der Waals surface area (Å²) < 4.78 is 1.80. The maximum atomic E-state index is 12.7. The van der Waals surface area contributed by atoms with E-state index in [4.69, 9.17) is 0 Å². The normalized spacial score (nSPS) is 10.6. The summed E-state index contributed by atoms with van der Waals surface area (Å²) in [5, 5.41) is 4.99. The van der Waals surface area contributed by atoms with Crippen molar-refractivity contribution in [1.29, 1.82) is 0 Å². The molecule has 122 valence electrons. The maximum Gasteiger partial charge on any atom is 0.256 e. The number of carbonyl (C=O) groups is 1. The molecule has 0 unspecified atom stereocenters. The number of carbonyl (C=O) groups excluding carboxylic acids is 1. The van der Waals surface area contributed by atoms with Gasteiger partial charge in [0, 0.05) is 32.2 Å². The van der Waals surface area contributed by atoms with E-state index in [1.54, 1.807) is 35.1 Å². The summed E-state index contributed by atoms with van der Waals surface area (Å²) in [6, 6.07) is 13.5. The number of benzene rings is 1. The van der Waals surface area contributed by atoms with Crippen LogP contribution in [0.3, 0.4) is 0 Å². The minimum absolute atomic E-state index is 0.0306. The third kappa shape index (κ3) is 3.49. The Morgan fingerprint density at radius 2 is 2.08 bits per heavy atom. The lowest BCUT2D eigenvalue weighted by Gasteiger charge is -2.18. The van der Waals surface area contributed by atoms with E-state index in [2.05, 4.69) is 10.1 Å². The Kier molecular flexibility index (Phi) is 4.96. The van der Waals surface area contributed by atoms with Crippen LogP contribution in [-0.4, -0.2) is 38.9 Å². The van der Waals surface area contributed by atoms with Crippen molar-refractivity contribution >= 4 is 17.7 Å². The minimum atomic E-state index is -0.0306. The summed E-state index contributed by atoms with van der Waals surface area (Å²) >= 11 is 1.48. The number of thioether (sulfide) groups is 1. The van der Waals surface area contributed by atoms with Crippen LogP contribution in [0.2, 0.25) is 0 Å². The second-order valence-electron chi connectivity index (χ2n) is 5.34. The molecule has 0 spiro atoms. The van der Waals surface area contributed by atoms with Gasteiger partial charge in [0.05, 0.1) is 11.3 Å². The average molecular weight is 338 g/mol. The smallest absolute Gasteiger partial charge is 0.256 e. The standard InChI is InChI=1S/C18H18N4OS/c1-21(18(23)16-8-4-9-19-17(16)24-2)13-14-6-3-7-15(12-14)22-11-5-10-20-22/h3-12H,13H2,1-2H3. The fraction of sp³-hybridized carbons (Fsp3) is 0.167. The number of aromatic nitrogens is 3. The molecule has 2 aromatic heterocycles. The lowest BCUT2D eigenvalue weighted by atomic mass is 10.1. The Hall–Kier alpha value is -2.60. The molecule has 3 aromatic rings. The van der Waals surface area contributed by atoms with Crippen molar-refractivity contribution in [2.24, 2.45) is 0 Å². The second-order valence-corrected chi connectivity index (χ2v) is 6.14. The van der Waals surface area contributed by atoms with Gasteiger partial charge in [-0.05, 0) is 42.2 Å². The van der Waals surface area contributed by atoms with Gasteiger partial charge in [-0.1, -0.05) is 12.1 Å². The summed E-state index contributed by atoms with van der Waals surface area (Å²) in [5.41, 5.74) is 2.66. The zero-order valence-corrected chi connectivity index (χ0v) is 14.4. The van der Waals surface area contributed by atoms with E-state index < -0.39 is 0 Å². The molecule has 0 atom stereocenters. The molecule has 3 rings (SSSR count). The molecular formula is C18H18N4OS. The number of amides is 1. The molecular weight excluding hydrogens is 320 g/mol. The van der Waals surface area contributed by atoms with E-state index in [0.29, 0.717) is 12.1 Å². The molecule has 0 saturated carbocycles. The van der Waals surface area contributed by atoms with Gasteiger partial charge < -0.3 is 4.90 Å². The highest BCUT2D eigenvalue weighted by Gasteiger charge is 2.16. The van der Waals surface area contributed by atoms with E-state index in [0.717, 1.165) is 16.3 Å². The van der Waals surface area contributed by atoms with Crippen LogP contribution < -0.4 is 0 Å². The molecule has 0 bridgehead atoms. The van der Waals surface area contributed by atoms with Gasteiger partial charge in [0.25, 0.3) is 5.91 Å². The largest absolute Gasteiger partial charge is 0.337 e. The van der Waals surface area contributed by atoms with Gasteiger partial charge >= 0.3 is 0 Å². The van der Waals surface area contributed by atoms with E-state index in [1.807, 2.05) is 48.9 Å².